The van der Waals surface area contributed by atoms with Crippen molar-refractivity contribution in [2.45, 2.75) is 46.3 Å². The van der Waals surface area contributed by atoms with Gasteiger partial charge in [0.25, 0.3) is 0 Å². The van der Waals surface area contributed by atoms with E-state index in [1.54, 1.807) is 4.68 Å². The molecule has 1 N–H and O–H groups in total. The molecule has 0 aromatic carbocycles. The lowest BCUT2D eigenvalue weighted by Gasteiger charge is -2.19. The molecule has 2 rings (SSSR count). The summed E-state index contributed by atoms with van der Waals surface area (Å²) in [5.74, 6) is 0. The van der Waals surface area contributed by atoms with Crippen LogP contribution in [0.15, 0.2) is 12.3 Å². The molecular formula is C14H22ClN5. The molecule has 5 nitrogen and oxygen atoms in total. The third kappa shape index (κ3) is 3.61. The lowest BCUT2D eigenvalue weighted by atomic mass is 10.1. The summed E-state index contributed by atoms with van der Waals surface area (Å²) in [6, 6.07) is 2.03. The molecule has 0 amide bonds. The highest BCUT2D eigenvalue weighted by molar-refractivity contribution is 6.30. The molecule has 2 aromatic rings. The van der Waals surface area contributed by atoms with Crippen molar-refractivity contribution >= 4 is 11.6 Å². The van der Waals surface area contributed by atoms with Crippen LogP contribution in [0.5, 0.6) is 0 Å². The van der Waals surface area contributed by atoms with Gasteiger partial charge in [0.2, 0.25) is 0 Å². The minimum absolute atomic E-state index is 0.0903. The summed E-state index contributed by atoms with van der Waals surface area (Å²) < 4.78 is 3.59. The predicted molar refractivity (Wildman–Crippen MR) is 80.9 cm³/mol. The minimum Gasteiger partial charge on any atom is -0.306 e. The van der Waals surface area contributed by atoms with Crippen LogP contribution >= 0.6 is 11.6 Å². The Labute approximate surface area is 124 Å². The van der Waals surface area contributed by atoms with Gasteiger partial charge in [-0.2, -0.15) is 10.2 Å². The zero-order chi connectivity index (χ0) is 14.9. The molecule has 2 heterocycles. The first kappa shape index (κ1) is 15.1. The number of aromatic nitrogens is 4. The van der Waals surface area contributed by atoms with Gasteiger partial charge in [0.15, 0.2) is 0 Å². The summed E-state index contributed by atoms with van der Waals surface area (Å²) in [5, 5.41) is 13.0. The fourth-order valence-corrected chi connectivity index (χ4v) is 2.19. The molecule has 0 fully saturated rings. The summed E-state index contributed by atoms with van der Waals surface area (Å²) in [6.45, 7) is 9.80. The lowest BCUT2D eigenvalue weighted by Crippen LogP contribution is -2.35. The van der Waals surface area contributed by atoms with E-state index < -0.39 is 0 Å². The largest absolute Gasteiger partial charge is 0.306 e. The van der Waals surface area contributed by atoms with Crippen LogP contribution in [0.25, 0.3) is 0 Å². The highest BCUT2D eigenvalue weighted by Crippen LogP contribution is 2.19. The van der Waals surface area contributed by atoms with Gasteiger partial charge >= 0.3 is 0 Å². The van der Waals surface area contributed by atoms with Crippen LogP contribution in [-0.2, 0) is 20.1 Å². The summed E-state index contributed by atoms with van der Waals surface area (Å²) in [7, 11) is 1.85. The molecule has 0 atom stereocenters. The number of rotatable bonds is 4. The molecule has 6 heteroatoms. The van der Waals surface area contributed by atoms with Crippen molar-refractivity contribution in [2.75, 3.05) is 0 Å². The van der Waals surface area contributed by atoms with Gasteiger partial charge in [-0.25, -0.2) is 0 Å². The molecule has 0 saturated heterocycles. The summed E-state index contributed by atoms with van der Waals surface area (Å²) >= 11 is 6.24. The number of nitrogens with one attached hydrogen (secondary N) is 1. The average Bonchev–Trinajstić information content (AvgIpc) is 2.87. The van der Waals surface area contributed by atoms with Crippen molar-refractivity contribution in [3.05, 3.63) is 34.4 Å². The van der Waals surface area contributed by atoms with Crippen LogP contribution in [-0.4, -0.2) is 25.1 Å². The van der Waals surface area contributed by atoms with E-state index in [-0.39, 0.29) is 5.54 Å². The Morgan fingerprint density at radius 1 is 1.30 bits per heavy atom. The molecule has 0 spiro atoms. The molecule has 110 valence electrons. The Kier molecular flexibility index (Phi) is 4.20. The van der Waals surface area contributed by atoms with Gasteiger partial charge in [0.05, 0.1) is 17.9 Å². The standard InChI is InChI=1S/C14H22ClN5/c1-10-12(13(15)19(5)17-10)9-20-7-6-11(18-20)8-16-14(2,3)4/h6-7,16H,8-9H2,1-5H3. The zero-order valence-corrected chi connectivity index (χ0v) is 13.5. The zero-order valence-electron chi connectivity index (χ0n) is 12.7. The van der Waals surface area contributed by atoms with Gasteiger partial charge < -0.3 is 5.32 Å². The van der Waals surface area contributed by atoms with Crippen LogP contribution in [0, 0.1) is 6.92 Å². The first-order valence-corrected chi connectivity index (χ1v) is 7.09. The predicted octanol–water partition coefficient (Wildman–Crippen LogP) is 2.51. The van der Waals surface area contributed by atoms with Crippen molar-refractivity contribution in [2.24, 2.45) is 7.05 Å². The highest BCUT2D eigenvalue weighted by atomic mass is 35.5. The fraction of sp³-hybridized carbons (Fsp3) is 0.571. The number of hydrogen-bond donors (Lipinski definition) is 1. The minimum atomic E-state index is 0.0903. The van der Waals surface area contributed by atoms with Crippen molar-refractivity contribution < 1.29 is 0 Å². The van der Waals surface area contributed by atoms with Crippen molar-refractivity contribution in [1.82, 2.24) is 24.9 Å². The molecule has 0 aliphatic carbocycles. The second-order valence-electron chi connectivity index (χ2n) is 6.09. The van der Waals surface area contributed by atoms with Gasteiger partial charge in [0, 0.05) is 30.9 Å². The normalized spacial score (nSPS) is 12.1. The van der Waals surface area contributed by atoms with Crippen molar-refractivity contribution in [1.29, 1.82) is 0 Å². The Hall–Kier alpha value is -1.33. The van der Waals surface area contributed by atoms with Gasteiger partial charge in [-0.1, -0.05) is 11.6 Å². The Morgan fingerprint density at radius 2 is 2.00 bits per heavy atom. The third-order valence-electron chi connectivity index (χ3n) is 3.09. The van der Waals surface area contributed by atoms with Crippen LogP contribution in [0.2, 0.25) is 5.15 Å². The third-order valence-corrected chi connectivity index (χ3v) is 3.56. The van der Waals surface area contributed by atoms with Crippen LogP contribution in [0.3, 0.4) is 0 Å². The van der Waals surface area contributed by atoms with E-state index in [4.69, 9.17) is 11.6 Å². The SMILES string of the molecule is Cc1nn(C)c(Cl)c1Cn1ccc(CNC(C)(C)C)n1. The highest BCUT2D eigenvalue weighted by Gasteiger charge is 2.13. The Balaban J connectivity index is 2.06. The van der Waals surface area contributed by atoms with E-state index in [2.05, 4.69) is 36.3 Å². The molecule has 0 aliphatic heterocycles. The summed E-state index contributed by atoms with van der Waals surface area (Å²) in [6.07, 6.45) is 1.97. The topological polar surface area (TPSA) is 47.7 Å². The Bertz CT molecular complexity index is 591. The van der Waals surface area contributed by atoms with E-state index in [9.17, 15) is 0 Å². The van der Waals surface area contributed by atoms with Gasteiger partial charge in [-0.15, -0.1) is 0 Å². The first-order chi connectivity index (χ1) is 9.26. The van der Waals surface area contributed by atoms with E-state index in [1.807, 2.05) is 30.9 Å². The molecule has 0 aliphatic rings. The Morgan fingerprint density at radius 3 is 2.55 bits per heavy atom. The lowest BCUT2D eigenvalue weighted by molar-refractivity contribution is 0.419. The van der Waals surface area contributed by atoms with Crippen molar-refractivity contribution in [3.63, 3.8) is 0 Å². The second-order valence-corrected chi connectivity index (χ2v) is 6.44. The number of hydrogen-bond acceptors (Lipinski definition) is 3. The van der Waals surface area contributed by atoms with E-state index in [0.29, 0.717) is 11.7 Å². The monoisotopic (exact) mass is 295 g/mol. The summed E-state index contributed by atoms with van der Waals surface area (Å²) in [5.41, 5.74) is 3.08. The van der Waals surface area contributed by atoms with Crippen molar-refractivity contribution in [3.8, 4) is 0 Å². The van der Waals surface area contributed by atoms with E-state index in [1.165, 1.54) is 0 Å². The molecule has 0 unspecified atom stereocenters. The van der Waals surface area contributed by atoms with E-state index >= 15 is 0 Å². The average molecular weight is 296 g/mol. The molecule has 0 bridgehead atoms. The molecule has 0 radical (unpaired) electrons. The van der Waals surface area contributed by atoms with Gasteiger partial charge in [-0.05, 0) is 33.8 Å². The fourth-order valence-electron chi connectivity index (χ4n) is 1.96. The quantitative estimate of drug-likeness (QED) is 0.943. The van der Waals surface area contributed by atoms with Gasteiger partial charge in [0.1, 0.15) is 5.15 Å². The number of nitrogens with zero attached hydrogens (tertiary/aromatic N) is 4. The van der Waals surface area contributed by atoms with Crippen LogP contribution in [0.4, 0.5) is 0 Å². The number of aryl methyl sites for hydroxylation is 2. The smallest absolute Gasteiger partial charge is 0.132 e. The first-order valence-electron chi connectivity index (χ1n) is 6.71. The molecule has 2 aromatic heterocycles. The molecular weight excluding hydrogens is 274 g/mol. The van der Waals surface area contributed by atoms with Crippen LogP contribution in [0.1, 0.15) is 37.7 Å². The molecule has 20 heavy (non-hydrogen) atoms. The van der Waals surface area contributed by atoms with Gasteiger partial charge in [-0.3, -0.25) is 9.36 Å². The maximum Gasteiger partial charge on any atom is 0.132 e. The maximum absolute atomic E-state index is 6.24. The second kappa shape index (κ2) is 5.58. The van der Waals surface area contributed by atoms with E-state index in [0.717, 1.165) is 23.5 Å². The number of halogens is 1. The summed E-state index contributed by atoms with van der Waals surface area (Å²) in [4.78, 5) is 0. The van der Waals surface area contributed by atoms with Crippen LogP contribution < -0.4 is 5.32 Å². The maximum atomic E-state index is 6.24. The molecule has 0 saturated carbocycles.